The summed E-state index contributed by atoms with van der Waals surface area (Å²) < 4.78 is 13.4. The number of hydrogen-bond acceptors (Lipinski definition) is 3. The monoisotopic (exact) mass is 696 g/mol. The number of aryl methyl sites for hydroxylation is 2. The highest BCUT2D eigenvalue weighted by atomic mass is 79.9. The number of benzene rings is 6. The molecule has 0 amide bonds. The van der Waals surface area contributed by atoms with Gasteiger partial charge >= 0.3 is 7.12 Å². The van der Waals surface area contributed by atoms with Crippen molar-refractivity contribution in [1.29, 1.82) is 0 Å². The molecule has 0 unspecified atom stereocenters. The van der Waals surface area contributed by atoms with E-state index < -0.39 is 5.60 Å². The topological polar surface area (TPSA) is 38.7 Å². The van der Waals surface area contributed by atoms with Crippen LogP contribution < -0.4 is 5.46 Å². The lowest BCUT2D eigenvalue weighted by molar-refractivity contribution is 0.00578. The molecule has 3 nitrogen and oxygen atoms in total. The van der Waals surface area contributed by atoms with E-state index in [0.717, 1.165) is 37.8 Å². The third-order valence-electron chi connectivity index (χ3n) is 9.77. The molecule has 0 atom stereocenters. The van der Waals surface area contributed by atoms with Gasteiger partial charge in [0.25, 0.3) is 0 Å². The second-order valence-corrected chi connectivity index (χ2v) is 14.5. The van der Waals surface area contributed by atoms with Crippen LogP contribution in [0.2, 0.25) is 0 Å². The summed E-state index contributed by atoms with van der Waals surface area (Å²) in [7, 11) is -0.305. The normalized spacial score (nSPS) is 15.2. The number of aliphatic hydroxyl groups is 1. The van der Waals surface area contributed by atoms with Gasteiger partial charge in [-0.05, 0) is 92.2 Å². The minimum absolute atomic E-state index is 0.305. The van der Waals surface area contributed by atoms with Crippen molar-refractivity contribution >= 4 is 39.3 Å². The van der Waals surface area contributed by atoms with Crippen molar-refractivity contribution in [3.05, 3.63) is 172 Å². The summed E-state index contributed by atoms with van der Waals surface area (Å²) in [5.74, 6) is 0. The van der Waals surface area contributed by atoms with Gasteiger partial charge in [-0.2, -0.15) is 0 Å². The fourth-order valence-corrected chi connectivity index (χ4v) is 6.82. The van der Waals surface area contributed by atoms with E-state index in [1.54, 1.807) is 0 Å². The van der Waals surface area contributed by atoms with Gasteiger partial charge in [-0.3, -0.25) is 0 Å². The predicted molar refractivity (Wildman–Crippen MR) is 204 cm³/mol. The molecule has 48 heavy (non-hydrogen) atoms. The first-order valence-corrected chi connectivity index (χ1v) is 17.2. The summed E-state index contributed by atoms with van der Waals surface area (Å²) in [5.41, 5.74) is 6.44. The molecule has 6 aromatic rings. The molecule has 1 aliphatic rings. The average molecular weight is 698 g/mol. The SMILES string of the molecule is Cc1ccc2ccc(C)c(B3OC(C)(C)C(C)(C)O3)c2c1.OC(c1ccccc1)(c1ccccc1)c1cc(-c2ccccc2)ccc1Br. The summed E-state index contributed by atoms with van der Waals surface area (Å²) in [6.07, 6.45) is 0. The van der Waals surface area contributed by atoms with E-state index in [1.165, 1.54) is 21.9 Å². The Morgan fingerprint density at radius 1 is 0.604 bits per heavy atom. The number of fused-ring (bicyclic) bond motifs is 1. The summed E-state index contributed by atoms with van der Waals surface area (Å²) in [6, 6.07) is 46.8. The van der Waals surface area contributed by atoms with Crippen molar-refractivity contribution in [2.24, 2.45) is 0 Å². The number of halogens is 1. The summed E-state index contributed by atoms with van der Waals surface area (Å²) in [6.45, 7) is 12.6. The molecule has 0 bridgehead atoms. The Morgan fingerprint density at radius 3 is 1.69 bits per heavy atom. The summed E-state index contributed by atoms with van der Waals surface area (Å²) in [5, 5.41) is 14.5. The first kappa shape index (κ1) is 33.9. The van der Waals surface area contributed by atoms with Gasteiger partial charge in [0.2, 0.25) is 0 Å². The Kier molecular flexibility index (Phi) is 9.52. The van der Waals surface area contributed by atoms with Gasteiger partial charge in [-0.1, -0.05) is 154 Å². The lowest BCUT2D eigenvalue weighted by Crippen LogP contribution is -2.41. The van der Waals surface area contributed by atoms with Crippen molar-refractivity contribution in [2.75, 3.05) is 0 Å². The lowest BCUT2D eigenvalue weighted by atomic mass is 9.73. The molecule has 1 saturated heterocycles. The minimum atomic E-state index is -1.26. The van der Waals surface area contributed by atoms with Crippen LogP contribution in [0.3, 0.4) is 0 Å². The fraction of sp³-hybridized carbons (Fsp3) is 0.209. The molecule has 1 fully saturated rings. The van der Waals surface area contributed by atoms with Gasteiger partial charge in [0.15, 0.2) is 0 Å². The highest BCUT2D eigenvalue weighted by Crippen LogP contribution is 2.42. The largest absolute Gasteiger partial charge is 0.495 e. The van der Waals surface area contributed by atoms with E-state index in [2.05, 4.69) is 112 Å². The number of hydrogen-bond donors (Lipinski definition) is 1. The van der Waals surface area contributed by atoms with Gasteiger partial charge in [0, 0.05) is 10.0 Å². The Labute approximate surface area is 293 Å². The quantitative estimate of drug-likeness (QED) is 0.144. The number of rotatable bonds is 5. The van der Waals surface area contributed by atoms with Crippen molar-refractivity contribution in [3.63, 3.8) is 0 Å². The van der Waals surface area contributed by atoms with E-state index in [1.807, 2.05) is 84.9 Å². The summed E-state index contributed by atoms with van der Waals surface area (Å²) in [4.78, 5) is 0. The highest BCUT2D eigenvalue weighted by Gasteiger charge is 2.52. The first-order valence-electron chi connectivity index (χ1n) is 16.4. The molecule has 6 aromatic carbocycles. The minimum Gasteiger partial charge on any atom is -0.399 e. The van der Waals surface area contributed by atoms with Gasteiger partial charge in [0.1, 0.15) is 5.60 Å². The third-order valence-corrected chi connectivity index (χ3v) is 10.5. The van der Waals surface area contributed by atoms with Crippen molar-refractivity contribution < 1.29 is 14.4 Å². The molecule has 0 saturated carbocycles. The van der Waals surface area contributed by atoms with Crippen molar-refractivity contribution in [1.82, 2.24) is 0 Å². The fourth-order valence-electron chi connectivity index (χ4n) is 6.29. The van der Waals surface area contributed by atoms with E-state index in [4.69, 9.17) is 9.31 Å². The smallest absolute Gasteiger partial charge is 0.399 e. The van der Waals surface area contributed by atoms with E-state index in [0.29, 0.717) is 0 Å². The van der Waals surface area contributed by atoms with Crippen LogP contribution in [0.4, 0.5) is 0 Å². The molecule has 242 valence electrons. The lowest BCUT2D eigenvalue weighted by Gasteiger charge is -2.32. The maximum Gasteiger partial charge on any atom is 0.495 e. The zero-order valence-corrected chi connectivity index (χ0v) is 30.1. The van der Waals surface area contributed by atoms with E-state index in [9.17, 15) is 5.11 Å². The standard InChI is InChI=1S/C25H19BrO.C18H23BO2/c26-24-17-16-20(19-10-4-1-5-11-19)18-23(24)25(27,21-12-6-2-7-13-21)22-14-8-3-9-15-22;1-12-7-9-14-10-8-13(2)16(15(14)11-12)19-20-17(3,4)18(5,6)21-19/h1-18,27H;7-11H,1-6H3. The third kappa shape index (κ3) is 6.53. The molecular weight excluding hydrogens is 655 g/mol. The van der Waals surface area contributed by atoms with Gasteiger partial charge in [-0.15, -0.1) is 0 Å². The molecule has 0 radical (unpaired) electrons. The Balaban J connectivity index is 0.000000173. The molecule has 5 heteroatoms. The molecule has 7 rings (SSSR count). The van der Waals surface area contributed by atoms with Gasteiger partial charge in [0.05, 0.1) is 11.2 Å². The van der Waals surface area contributed by atoms with Gasteiger partial charge < -0.3 is 14.4 Å². The molecular formula is C43H42BBrO3. The molecule has 1 heterocycles. The Hall–Kier alpha value is -4.00. The van der Waals surface area contributed by atoms with Crippen molar-refractivity contribution in [2.45, 2.75) is 58.3 Å². The van der Waals surface area contributed by atoms with Crippen LogP contribution in [0.5, 0.6) is 0 Å². The van der Waals surface area contributed by atoms with Crippen LogP contribution in [0.15, 0.2) is 144 Å². The van der Waals surface area contributed by atoms with E-state index >= 15 is 0 Å². The Morgan fingerprint density at radius 2 is 1.12 bits per heavy atom. The molecule has 1 aliphatic heterocycles. The molecule has 0 spiro atoms. The second kappa shape index (κ2) is 13.5. The van der Waals surface area contributed by atoms with E-state index in [-0.39, 0.29) is 18.3 Å². The zero-order chi connectivity index (χ0) is 34.1. The second-order valence-electron chi connectivity index (χ2n) is 13.6. The van der Waals surface area contributed by atoms with Crippen LogP contribution in [-0.2, 0) is 14.9 Å². The Bertz CT molecular complexity index is 1960. The van der Waals surface area contributed by atoms with Crippen molar-refractivity contribution in [3.8, 4) is 11.1 Å². The molecule has 0 aliphatic carbocycles. The zero-order valence-electron chi connectivity index (χ0n) is 28.5. The van der Waals surface area contributed by atoms with Crippen LogP contribution in [-0.4, -0.2) is 23.4 Å². The van der Waals surface area contributed by atoms with Crippen LogP contribution in [0.25, 0.3) is 21.9 Å². The molecule has 0 aromatic heterocycles. The van der Waals surface area contributed by atoms with Crippen LogP contribution in [0.1, 0.15) is 55.5 Å². The van der Waals surface area contributed by atoms with Crippen LogP contribution in [0, 0.1) is 13.8 Å². The predicted octanol–water partition coefficient (Wildman–Crippen LogP) is 10.2. The first-order chi connectivity index (χ1) is 22.9. The maximum atomic E-state index is 12.0. The maximum absolute atomic E-state index is 12.0. The van der Waals surface area contributed by atoms with Crippen LogP contribution >= 0.6 is 15.9 Å². The average Bonchev–Trinajstić information content (AvgIpc) is 3.31. The van der Waals surface area contributed by atoms with Gasteiger partial charge in [-0.25, -0.2) is 0 Å². The highest BCUT2D eigenvalue weighted by molar-refractivity contribution is 9.10. The summed E-state index contributed by atoms with van der Waals surface area (Å²) >= 11 is 3.67. The molecule has 1 N–H and O–H groups in total.